The molecule has 1 heterocycles. The summed E-state index contributed by atoms with van der Waals surface area (Å²) in [6.07, 6.45) is 3.42. The first-order valence-corrected chi connectivity index (χ1v) is 6.48. The van der Waals surface area contributed by atoms with Crippen LogP contribution in [0.5, 0.6) is 0 Å². The van der Waals surface area contributed by atoms with Crippen molar-refractivity contribution in [2.24, 2.45) is 4.99 Å². The number of aryl methyl sites for hydroxylation is 1. The zero-order chi connectivity index (χ0) is 13.7. The number of amides is 1. The number of nitrogens with one attached hydrogen (secondary N) is 1. The number of hydrogen-bond acceptors (Lipinski definition) is 4. The fourth-order valence-electron chi connectivity index (χ4n) is 1.94. The number of hydroxylamine groups is 1. The molecule has 5 nitrogen and oxygen atoms in total. The lowest BCUT2D eigenvalue weighted by Gasteiger charge is -2.03. The highest BCUT2D eigenvalue weighted by molar-refractivity contribution is 5.98. The zero-order valence-electron chi connectivity index (χ0n) is 10.9. The Morgan fingerprint density at radius 1 is 1.47 bits per heavy atom. The minimum Gasteiger partial charge on any atom is -0.475 e. The Hall–Kier alpha value is -1.88. The first-order chi connectivity index (χ1) is 9.24. The predicted molar refractivity (Wildman–Crippen MR) is 71.3 cm³/mol. The van der Waals surface area contributed by atoms with Gasteiger partial charge >= 0.3 is 0 Å². The lowest BCUT2D eigenvalue weighted by Crippen LogP contribution is -2.31. The second-order valence-corrected chi connectivity index (χ2v) is 4.54. The number of hydrogen-bond donors (Lipinski definition) is 2. The molecule has 1 atom stereocenters. The number of benzene rings is 1. The summed E-state index contributed by atoms with van der Waals surface area (Å²) in [5, 5.41) is 8.55. The number of carbonyl (C=O) groups is 1. The highest BCUT2D eigenvalue weighted by atomic mass is 16.5. The van der Waals surface area contributed by atoms with Crippen molar-refractivity contribution < 1.29 is 14.7 Å². The molecule has 0 fully saturated rings. The van der Waals surface area contributed by atoms with Gasteiger partial charge in [0.05, 0.1) is 0 Å². The van der Waals surface area contributed by atoms with Gasteiger partial charge in [0.15, 0.2) is 6.04 Å². The Labute approximate surface area is 112 Å². The number of aliphatic imine (C=N–C) groups is 1. The van der Waals surface area contributed by atoms with Gasteiger partial charge in [0.25, 0.3) is 5.91 Å². The van der Waals surface area contributed by atoms with E-state index < -0.39 is 11.9 Å². The lowest BCUT2D eigenvalue weighted by atomic mass is 10.1. The van der Waals surface area contributed by atoms with Gasteiger partial charge in [0.2, 0.25) is 5.90 Å². The van der Waals surface area contributed by atoms with Crippen molar-refractivity contribution in [2.75, 3.05) is 6.61 Å². The zero-order valence-corrected chi connectivity index (χ0v) is 10.9. The first kappa shape index (κ1) is 13.5. The Bertz CT molecular complexity index is 468. The van der Waals surface area contributed by atoms with Crippen molar-refractivity contribution in [1.29, 1.82) is 0 Å². The maximum absolute atomic E-state index is 11.2. The predicted octanol–water partition coefficient (Wildman–Crippen LogP) is 1.68. The quantitative estimate of drug-likeness (QED) is 0.626. The smallest absolute Gasteiger partial charge is 0.271 e. The van der Waals surface area contributed by atoms with E-state index in [4.69, 9.17) is 9.94 Å². The van der Waals surface area contributed by atoms with Gasteiger partial charge in [-0.2, -0.15) is 0 Å². The van der Waals surface area contributed by atoms with E-state index in [2.05, 4.69) is 24.0 Å². The van der Waals surface area contributed by atoms with E-state index in [1.165, 1.54) is 18.4 Å². The topological polar surface area (TPSA) is 70.9 Å². The SMILES string of the molecule is CCCCc1ccc(C2=NC(C(=O)NO)CO2)cc1. The van der Waals surface area contributed by atoms with Crippen LogP contribution in [0.4, 0.5) is 0 Å². The Balaban J connectivity index is 2.04. The molecule has 1 aliphatic rings. The van der Waals surface area contributed by atoms with Gasteiger partial charge in [-0.3, -0.25) is 10.0 Å². The molecule has 19 heavy (non-hydrogen) atoms. The van der Waals surface area contributed by atoms with Gasteiger partial charge < -0.3 is 4.74 Å². The summed E-state index contributed by atoms with van der Waals surface area (Å²) in [5.41, 5.74) is 3.73. The maximum atomic E-state index is 11.2. The van der Waals surface area contributed by atoms with E-state index in [1.54, 1.807) is 5.48 Å². The summed E-state index contributed by atoms with van der Waals surface area (Å²) in [6.45, 7) is 2.33. The third-order valence-electron chi connectivity index (χ3n) is 3.08. The van der Waals surface area contributed by atoms with E-state index in [9.17, 15) is 4.79 Å². The molecule has 1 aromatic carbocycles. The largest absolute Gasteiger partial charge is 0.475 e. The second kappa shape index (κ2) is 6.33. The second-order valence-electron chi connectivity index (χ2n) is 4.54. The van der Waals surface area contributed by atoms with Crippen LogP contribution in [0, 0.1) is 0 Å². The van der Waals surface area contributed by atoms with Gasteiger partial charge in [-0.05, 0) is 30.5 Å². The maximum Gasteiger partial charge on any atom is 0.271 e. The van der Waals surface area contributed by atoms with Crippen LogP contribution in [0.2, 0.25) is 0 Å². The average Bonchev–Trinajstić information content (AvgIpc) is 2.94. The standard InChI is InChI=1S/C14H18N2O3/c1-2-3-4-10-5-7-11(8-6-10)14-15-12(9-19-14)13(17)16-18/h5-8,12,18H,2-4,9H2,1H3,(H,16,17). The van der Waals surface area contributed by atoms with E-state index in [1.807, 2.05) is 12.1 Å². The van der Waals surface area contributed by atoms with Gasteiger partial charge in [-0.25, -0.2) is 10.5 Å². The minimum atomic E-state index is -0.667. The molecule has 1 unspecified atom stereocenters. The van der Waals surface area contributed by atoms with Crippen molar-refractivity contribution in [2.45, 2.75) is 32.2 Å². The number of rotatable bonds is 5. The lowest BCUT2D eigenvalue weighted by molar-refractivity contribution is -0.130. The summed E-state index contributed by atoms with van der Waals surface area (Å²) in [5.74, 6) is -0.0924. The summed E-state index contributed by atoms with van der Waals surface area (Å²) in [4.78, 5) is 15.4. The molecule has 0 saturated carbocycles. The first-order valence-electron chi connectivity index (χ1n) is 6.48. The fourth-order valence-corrected chi connectivity index (χ4v) is 1.94. The molecule has 5 heteroatoms. The third-order valence-corrected chi connectivity index (χ3v) is 3.08. The molecule has 102 valence electrons. The highest BCUT2D eigenvalue weighted by Crippen LogP contribution is 2.14. The normalized spacial score (nSPS) is 17.8. The Morgan fingerprint density at radius 2 is 2.21 bits per heavy atom. The van der Waals surface area contributed by atoms with Crippen molar-refractivity contribution in [3.05, 3.63) is 35.4 Å². The van der Waals surface area contributed by atoms with Crippen LogP contribution in [0.3, 0.4) is 0 Å². The third kappa shape index (κ3) is 3.32. The number of ether oxygens (including phenoxy) is 1. The fraction of sp³-hybridized carbons (Fsp3) is 0.429. The van der Waals surface area contributed by atoms with Crippen LogP contribution in [-0.2, 0) is 16.0 Å². The molecule has 0 aliphatic carbocycles. The summed E-state index contributed by atoms with van der Waals surface area (Å²) < 4.78 is 5.37. The summed E-state index contributed by atoms with van der Waals surface area (Å²) in [7, 11) is 0. The van der Waals surface area contributed by atoms with E-state index in [0.29, 0.717) is 5.90 Å². The van der Waals surface area contributed by atoms with Crippen molar-refractivity contribution >= 4 is 11.8 Å². The van der Waals surface area contributed by atoms with Crippen molar-refractivity contribution in [1.82, 2.24) is 5.48 Å². The molecule has 0 aromatic heterocycles. The van der Waals surface area contributed by atoms with Gasteiger partial charge in [0, 0.05) is 5.56 Å². The number of unbranched alkanes of at least 4 members (excludes halogenated alkanes) is 1. The average molecular weight is 262 g/mol. The van der Waals surface area contributed by atoms with Crippen LogP contribution >= 0.6 is 0 Å². The molecule has 1 aromatic rings. The van der Waals surface area contributed by atoms with E-state index >= 15 is 0 Å². The van der Waals surface area contributed by atoms with Crippen molar-refractivity contribution in [3.8, 4) is 0 Å². The monoisotopic (exact) mass is 262 g/mol. The van der Waals surface area contributed by atoms with Gasteiger partial charge in [0.1, 0.15) is 6.61 Å². The Morgan fingerprint density at radius 3 is 2.84 bits per heavy atom. The molecule has 0 bridgehead atoms. The van der Waals surface area contributed by atoms with Crippen LogP contribution in [-0.4, -0.2) is 29.7 Å². The van der Waals surface area contributed by atoms with Crippen LogP contribution in [0.1, 0.15) is 30.9 Å². The molecule has 1 amide bonds. The van der Waals surface area contributed by atoms with Crippen LogP contribution in [0.15, 0.2) is 29.3 Å². The van der Waals surface area contributed by atoms with E-state index in [0.717, 1.165) is 12.0 Å². The minimum absolute atomic E-state index is 0.166. The summed E-state index contributed by atoms with van der Waals surface area (Å²) in [6, 6.07) is 7.33. The van der Waals surface area contributed by atoms with Crippen LogP contribution in [0.25, 0.3) is 0 Å². The molecular weight excluding hydrogens is 244 g/mol. The van der Waals surface area contributed by atoms with Crippen LogP contribution < -0.4 is 5.48 Å². The molecule has 2 rings (SSSR count). The molecule has 0 radical (unpaired) electrons. The Kier molecular flexibility index (Phi) is 4.52. The molecule has 1 aliphatic heterocycles. The molecule has 0 spiro atoms. The number of carbonyl (C=O) groups excluding carboxylic acids is 1. The molecular formula is C14H18N2O3. The van der Waals surface area contributed by atoms with Crippen molar-refractivity contribution in [3.63, 3.8) is 0 Å². The molecule has 0 saturated heterocycles. The summed E-state index contributed by atoms with van der Waals surface area (Å²) >= 11 is 0. The van der Waals surface area contributed by atoms with Gasteiger partial charge in [-0.15, -0.1) is 0 Å². The van der Waals surface area contributed by atoms with Gasteiger partial charge in [-0.1, -0.05) is 25.5 Å². The molecule has 2 N–H and O–H groups in total. The number of nitrogens with zero attached hydrogens (tertiary/aromatic N) is 1. The highest BCUT2D eigenvalue weighted by Gasteiger charge is 2.26. The van der Waals surface area contributed by atoms with E-state index in [-0.39, 0.29) is 6.61 Å².